The Hall–Kier alpha value is -3.50. The molecule has 0 unspecified atom stereocenters. The summed E-state index contributed by atoms with van der Waals surface area (Å²) in [4.78, 5) is 11.5. The van der Waals surface area contributed by atoms with Crippen LogP contribution in [0.3, 0.4) is 0 Å². The zero-order valence-electron chi connectivity index (χ0n) is 16.8. The first kappa shape index (κ1) is 20.8. The van der Waals surface area contributed by atoms with Gasteiger partial charge in [-0.15, -0.1) is 0 Å². The first-order chi connectivity index (χ1) is 14.8. The maximum absolute atomic E-state index is 14.8. The highest BCUT2D eigenvalue weighted by Crippen LogP contribution is 2.30. The molecule has 2 aromatic heterocycles. The molecule has 0 radical (unpaired) electrons. The van der Waals surface area contributed by atoms with E-state index in [0.717, 1.165) is 17.5 Å². The van der Waals surface area contributed by atoms with Gasteiger partial charge in [0.05, 0.1) is 6.26 Å². The summed E-state index contributed by atoms with van der Waals surface area (Å²) in [5.41, 5.74) is 2.98. The van der Waals surface area contributed by atoms with E-state index in [9.17, 15) is 12.8 Å². The lowest BCUT2D eigenvalue weighted by Gasteiger charge is -2.10. The van der Waals surface area contributed by atoms with Gasteiger partial charge in [-0.25, -0.2) is 22.5 Å². The number of hydrogen-bond acceptors (Lipinski definition) is 6. The maximum Gasteiger partial charge on any atom is 0.230 e. The van der Waals surface area contributed by atoms with E-state index in [2.05, 4.69) is 25.0 Å². The van der Waals surface area contributed by atoms with Crippen molar-refractivity contribution >= 4 is 32.6 Å². The predicted octanol–water partition coefficient (Wildman–Crippen LogP) is 3.99. The highest BCUT2D eigenvalue weighted by atomic mass is 32.2. The van der Waals surface area contributed by atoms with Crippen molar-refractivity contribution in [1.29, 1.82) is 0 Å². The van der Waals surface area contributed by atoms with Crippen molar-refractivity contribution < 1.29 is 17.5 Å². The van der Waals surface area contributed by atoms with Crippen LogP contribution >= 0.6 is 0 Å². The Labute approximate surface area is 178 Å². The van der Waals surface area contributed by atoms with Gasteiger partial charge in [-0.2, -0.15) is 4.98 Å². The number of nitrogens with one attached hydrogen (secondary N) is 3. The largest absolute Gasteiger partial charge is 0.436 e. The lowest BCUT2D eigenvalue weighted by Crippen LogP contribution is -2.21. The van der Waals surface area contributed by atoms with Gasteiger partial charge in [-0.3, -0.25) is 0 Å². The van der Waals surface area contributed by atoms with Crippen LogP contribution in [0.4, 0.5) is 16.0 Å². The number of rotatable bonds is 7. The van der Waals surface area contributed by atoms with E-state index in [1.807, 2.05) is 6.92 Å². The number of sulfonamides is 1. The predicted molar refractivity (Wildman–Crippen MR) is 117 cm³/mol. The molecule has 2 aromatic carbocycles. The first-order valence-electron chi connectivity index (χ1n) is 9.36. The Bertz CT molecular complexity index is 1350. The second-order valence-electron chi connectivity index (χ2n) is 7.03. The number of halogens is 1. The Morgan fingerprint density at radius 3 is 2.81 bits per heavy atom. The van der Waals surface area contributed by atoms with Crippen molar-refractivity contribution in [2.45, 2.75) is 13.5 Å². The minimum absolute atomic E-state index is 0.0602. The maximum atomic E-state index is 14.8. The van der Waals surface area contributed by atoms with E-state index in [4.69, 9.17) is 4.74 Å². The molecule has 0 bridgehead atoms. The summed E-state index contributed by atoms with van der Waals surface area (Å²) in [5, 5.41) is 3.48. The van der Waals surface area contributed by atoms with Gasteiger partial charge < -0.3 is 15.0 Å². The summed E-state index contributed by atoms with van der Waals surface area (Å²) >= 11 is 0. The van der Waals surface area contributed by atoms with Gasteiger partial charge in [0.15, 0.2) is 11.6 Å². The summed E-state index contributed by atoms with van der Waals surface area (Å²) in [6, 6.07) is 13.7. The summed E-state index contributed by atoms with van der Waals surface area (Å²) in [6.45, 7) is 2.02. The van der Waals surface area contributed by atoms with Crippen LogP contribution in [0.1, 0.15) is 11.3 Å². The highest BCUT2D eigenvalue weighted by Gasteiger charge is 2.12. The number of hydrogen-bond donors (Lipinski definition) is 3. The molecule has 0 aliphatic heterocycles. The van der Waals surface area contributed by atoms with E-state index in [1.165, 1.54) is 12.3 Å². The second-order valence-corrected chi connectivity index (χ2v) is 8.86. The number of nitrogens with zero attached hydrogens (tertiary/aromatic N) is 2. The zero-order chi connectivity index (χ0) is 22.0. The third-order valence-corrected chi connectivity index (χ3v) is 5.07. The molecule has 0 saturated heterocycles. The van der Waals surface area contributed by atoms with Gasteiger partial charge in [0.2, 0.25) is 21.9 Å². The summed E-state index contributed by atoms with van der Waals surface area (Å²) in [7, 11) is -3.29. The summed E-state index contributed by atoms with van der Waals surface area (Å²) in [5.74, 6) is 0.0219. The minimum atomic E-state index is -3.29. The van der Waals surface area contributed by atoms with Crippen molar-refractivity contribution in [3.63, 3.8) is 0 Å². The average Bonchev–Trinajstić information content (AvgIpc) is 3.10. The van der Waals surface area contributed by atoms with Crippen molar-refractivity contribution in [1.82, 2.24) is 19.7 Å². The second kappa shape index (κ2) is 8.32. The van der Waals surface area contributed by atoms with Gasteiger partial charge in [0.25, 0.3) is 0 Å². The molecule has 4 rings (SSSR count). The minimum Gasteiger partial charge on any atom is -0.436 e. The third kappa shape index (κ3) is 5.16. The van der Waals surface area contributed by atoms with E-state index in [-0.39, 0.29) is 24.1 Å². The highest BCUT2D eigenvalue weighted by molar-refractivity contribution is 7.88. The van der Waals surface area contributed by atoms with Crippen molar-refractivity contribution in [2.75, 3.05) is 11.6 Å². The average molecular weight is 441 g/mol. The molecule has 4 aromatic rings. The van der Waals surface area contributed by atoms with Gasteiger partial charge in [-0.1, -0.05) is 12.1 Å². The van der Waals surface area contributed by atoms with Crippen LogP contribution in [0, 0.1) is 12.7 Å². The molecule has 10 heteroatoms. The normalized spacial score (nSPS) is 11.6. The van der Waals surface area contributed by atoms with Gasteiger partial charge in [0, 0.05) is 41.1 Å². The molecule has 0 aliphatic carbocycles. The fourth-order valence-electron chi connectivity index (χ4n) is 3.04. The van der Waals surface area contributed by atoms with E-state index >= 15 is 0 Å². The van der Waals surface area contributed by atoms with Crippen LogP contribution in [-0.4, -0.2) is 29.6 Å². The molecule has 0 fully saturated rings. The fourth-order valence-corrected chi connectivity index (χ4v) is 3.47. The Morgan fingerprint density at radius 2 is 2.00 bits per heavy atom. The van der Waals surface area contributed by atoms with Crippen LogP contribution in [0.2, 0.25) is 0 Å². The summed E-state index contributed by atoms with van der Waals surface area (Å²) in [6.07, 6.45) is 2.60. The third-order valence-electron chi connectivity index (χ3n) is 4.40. The Kier molecular flexibility index (Phi) is 5.57. The molecular formula is C21H20FN5O3S. The van der Waals surface area contributed by atoms with Gasteiger partial charge >= 0.3 is 0 Å². The number of aromatic amines is 1. The SMILES string of the molecule is Cc1cc2c(F)c(Oc3ccnc(Nc4cccc(CNS(C)(=O)=O)c4)n3)ccc2[nH]1. The molecule has 0 aliphatic rings. The number of fused-ring (bicyclic) bond motifs is 1. The standard InChI is InChI=1S/C21H20FN5O3S/c1-13-10-16-17(25-13)6-7-18(20(16)22)30-19-8-9-23-21(27-19)26-15-5-3-4-14(11-15)12-24-31(2,28)29/h3-11,24-25H,12H2,1-2H3,(H,23,26,27). The van der Waals surface area contributed by atoms with Crippen molar-refractivity contribution in [3.05, 3.63) is 71.8 Å². The first-order valence-corrected chi connectivity index (χ1v) is 11.3. The topological polar surface area (TPSA) is 109 Å². The van der Waals surface area contributed by atoms with Crippen LogP contribution in [0.15, 0.2) is 54.7 Å². The molecule has 160 valence electrons. The van der Waals surface area contributed by atoms with E-state index in [1.54, 1.807) is 42.5 Å². The molecule has 3 N–H and O–H groups in total. The number of aromatic nitrogens is 3. The van der Waals surface area contributed by atoms with Crippen LogP contribution in [-0.2, 0) is 16.6 Å². The molecule has 0 atom stereocenters. The van der Waals surface area contributed by atoms with Crippen LogP contribution in [0.25, 0.3) is 10.9 Å². The Balaban J connectivity index is 1.51. The quantitative estimate of drug-likeness (QED) is 0.400. The number of benzene rings is 2. The Morgan fingerprint density at radius 1 is 1.16 bits per heavy atom. The van der Waals surface area contributed by atoms with E-state index in [0.29, 0.717) is 16.6 Å². The number of aryl methyl sites for hydroxylation is 1. The molecular weight excluding hydrogens is 421 g/mol. The molecule has 0 saturated carbocycles. The molecule has 0 amide bonds. The van der Waals surface area contributed by atoms with Gasteiger partial charge in [-0.05, 0) is 42.8 Å². The number of ether oxygens (including phenoxy) is 1. The van der Waals surface area contributed by atoms with Gasteiger partial charge in [0.1, 0.15) is 0 Å². The lowest BCUT2D eigenvalue weighted by atomic mass is 10.2. The zero-order valence-corrected chi connectivity index (χ0v) is 17.6. The van der Waals surface area contributed by atoms with Crippen LogP contribution < -0.4 is 14.8 Å². The molecule has 2 heterocycles. The van der Waals surface area contributed by atoms with Crippen molar-refractivity contribution in [2.24, 2.45) is 0 Å². The monoisotopic (exact) mass is 441 g/mol. The molecule has 31 heavy (non-hydrogen) atoms. The fraction of sp³-hybridized carbons (Fsp3) is 0.143. The van der Waals surface area contributed by atoms with Crippen molar-refractivity contribution in [3.8, 4) is 11.6 Å². The molecule has 0 spiro atoms. The smallest absolute Gasteiger partial charge is 0.230 e. The summed E-state index contributed by atoms with van der Waals surface area (Å²) < 4.78 is 45.4. The lowest BCUT2D eigenvalue weighted by molar-refractivity contribution is 0.430. The number of anilines is 2. The molecule has 8 nitrogen and oxygen atoms in total. The van der Waals surface area contributed by atoms with E-state index < -0.39 is 15.8 Å². The number of H-pyrrole nitrogens is 1. The van der Waals surface area contributed by atoms with Crippen LogP contribution in [0.5, 0.6) is 11.6 Å².